The number of hydrogen-bond acceptors (Lipinski definition) is 3. The summed E-state index contributed by atoms with van der Waals surface area (Å²) in [6, 6.07) is 2.30. The van der Waals surface area contributed by atoms with Gasteiger partial charge < -0.3 is 15.2 Å². The van der Waals surface area contributed by atoms with Crippen molar-refractivity contribution >= 4 is 15.9 Å². The van der Waals surface area contributed by atoms with Gasteiger partial charge in [0.05, 0.1) is 18.3 Å². The second kappa shape index (κ2) is 5.07. The molecule has 1 aromatic carbocycles. The van der Waals surface area contributed by atoms with Crippen LogP contribution in [0.5, 0.6) is 5.75 Å². The highest BCUT2D eigenvalue weighted by Crippen LogP contribution is 2.42. The van der Waals surface area contributed by atoms with Crippen molar-refractivity contribution in [1.29, 1.82) is 0 Å². The lowest BCUT2D eigenvalue weighted by molar-refractivity contribution is -0.139. The molecule has 1 aliphatic rings. The van der Waals surface area contributed by atoms with Crippen molar-refractivity contribution < 1.29 is 23.0 Å². The predicted octanol–water partition coefficient (Wildman–Crippen LogP) is 2.83. The van der Waals surface area contributed by atoms with E-state index >= 15 is 0 Å². The first-order valence-electron chi connectivity index (χ1n) is 5.31. The standard InChI is InChI=1S/C11H11BrF3NO2/c12-6-3-7(9-5-16-1-2-18-9)10(17)8(4-6)11(13,14)15/h3-4,9,16-17H,1-2,5H2. The molecule has 7 heteroatoms. The number of morpholine rings is 1. The summed E-state index contributed by atoms with van der Waals surface area (Å²) in [5.41, 5.74) is -0.912. The zero-order valence-electron chi connectivity index (χ0n) is 9.22. The molecule has 2 rings (SSSR count). The van der Waals surface area contributed by atoms with Crippen molar-refractivity contribution in [1.82, 2.24) is 5.32 Å². The molecule has 1 aliphatic heterocycles. The Morgan fingerprint density at radius 3 is 2.67 bits per heavy atom. The van der Waals surface area contributed by atoms with Crippen LogP contribution in [0.2, 0.25) is 0 Å². The monoisotopic (exact) mass is 325 g/mol. The molecule has 0 radical (unpaired) electrons. The van der Waals surface area contributed by atoms with Crippen molar-refractivity contribution in [3.05, 3.63) is 27.7 Å². The first-order valence-corrected chi connectivity index (χ1v) is 6.11. The Morgan fingerprint density at radius 1 is 1.39 bits per heavy atom. The molecule has 1 fully saturated rings. The molecule has 2 N–H and O–H groups in total. The zero-order valence-corrected chi connectivity index (χ0v) is 10.8. The molecule has 0 amide bonds. The first kappa shape index (κ1) is 13.6. The summed E-state index contributed by atoms with van der Waals surface area (Å²) < 4.78 is 43.8. The second-order valence-electron chi connectivity index (χ2n) is 3.95. The van der Waals surface area contributed by atoms with Gasteiger partial charge >= 0.3 is 6.18 Å². The Kier molecular flexibility index (Phi) is 3.84. The van der Waals surface area contributed by atoms with E-state index in [2.05, 4.69) is 21.2 Å². The van der Waals surface area contributed by atoms with Crippen LogP contribution in [0.1, 0.15) is 17.2 Å². The smallest absolute Gasteiger partial charge is 0.420 e. The largest absolute Gasteiger partial charge is 0.507 e. The SMILES string of the molecule is Oc1c(C2CNCCO2)cc(Br)cc1C(F)(F)F. The van der Waals surface area contributed by atoms with Crippen molar-refractivity contribution in [2.45, 2.75) is 12.3 Å². The van der Waals surface area contributed by atoms with Crippen molar-refractivity contribution in [2.24, 2.45) is 0 Å². The topological polar surface area (TPSA) is 41.5 Å². The van der Waals surface area contributed by atoms with E-state index in [0.717, 1.165) is 6.07 Å². The Hall–Kier alpha value is -0.790. The molecular formula is C11H11BrF3NO2. The van der Waals surface area contributed by atoms with E-state index in [1.54, 1.807) is 0 Å². The summed E-state index contributed by atoms with van der Waals surface area (Å²) in [5.74, 6) is -0.764. The van der Waals surface area contributed by atoms with E-state index in [1.165, 1.54) is 6.07 Å². The molecule has 18 heavy (non-hydrogen) atoms. The molecule has 1 atom stereocenters. The third-order valence-electron chi connectivity index (χ3n) is 2.68. The summed E-state index contributed by atoms with van der Waals surface area (Å²) >= 11 is 3.02. The van der Waals surface area contributed by atoms with Gasteiger partial charge in [-0.25, -0.2) is 0 Å². The van der Waals surface area contributed by atoms with E-state index in [4.69, 9.17) is 4.74 Å². The number of nitrogens with one attached hydrogen (secondary N) is 1. The van der Waals surface area contributed by atoms with Crippen LogP contribution >= 0.6 is 15.9 Å². The first-order chi connectivity index (χ1) is 8.39. The van der Waals surface area contributed by atoms with Gasteiger partial charge in [-0.15, -0.1) is 0 Å². The van der Waals surface area contributed by atoms with E-state index in [0.29, 0.717) is 19.7 Å². The minimum absolute atomic E-state index is 0.143. The summed E-state index contributed by atoms with van der Waals surface area (Å²) in [5, 5.41) is 12.8. The fourth-order valence-electron chi connectivity index (χ4n) is 1.85. The summed E-state index contributed by atoms with van der Waals surface area (Å²) in [6.45, 7) is 1.43. The number of benzene rings is 1. The fourth-order valence-corrected chi connectivity index (χ4v) is 2.32. The van der Waals surface area contributed by atoms with Crippen LogP contribution < -0.4 is 5.32 Å². The lowest BCUT2D eigenvalue weighted by Gasteiger charge is -2.25. The molecular weight excluding hydrogens is 315 g/mol. The highest BCUT2D eigenvalue weighted by Gasteiger charge is 2.36. The van der Waals surface area contributed by atoms with Gasteiger partial charge in [0, 0.05) is 23.1 Å². The van der Waals surface area contributed by atoms with Gasteiger partial charge in [-0.3, -0.25) is 0 Å². The summed E-state index contributed by atoms with van der Waals surface area (Å²) in [6.07, 6.45) is -5.16. The lowest BCUT2D eigenvalue weighted by atomic mass is 10.0. The van der Waals surface area contributed by atoms with Crippen LogP contribution in [-0.4, -0.2) is 24.8 Å². The molecule has 1 heterocycles. The minimum atomic E-state index is -4.59. The molecule has 0 bridgehead atoms. The molecule has 0 saturated carbocycles. The number of hydrogen-bond donors (Lipinski definition) is 2. The number of aromatic hydroxyl groups is 1. The number of phenolic OH excluding ortho intramolecular Hbond substituents is 1. The van der Waals surface area contributed by atoms with Crippen LogP contribution in [0.4, 0.5) is 13.2 Å². The Morgan fingerprint density at radius 2 is 2.11 bits per heavy atom. The molecule has 1 aromatic rings. The Bertz CT molecular complexity index is 445. The van der Waals surface area contributed by atoms with Crippen LogP contribution in [0.3, 0.4) is 0 Å². The summed E-state index contributed by atoms with van der Waals surface area (Å²) in [7, 11) is 0. The maximum atomic E-state index is 12.7. The number of phenols is 1. The number of alkyl halides is 3. The average molecular weight is 326 g/mol. The minimum Gasteiger partial charge on any atom is -0.507 e. The van der Waals surface area contributed by atoms with Crippen LogP contribution in [0, 0.1) is 0 Å². The molecule has 0 spiro atoms. The third-order valence-corrected chi connectivity index (χ3v) is 3.14. The van der Waals surface area contributed by atoms with Crippen LogP contribution in [0.15, 0.2) is 16.6 Å². The van der Waals surface area contributed by atoms with Gasteiger partial charge in [-0.2, -0.15) is 13.2 Å². The maximum Gasteiger partial charge on any atom is 0.420 e. The molecule has 100 valence electrons. The van der Waals surface area contributed by atoms with Gasteiger partial charge in [0.2, 0.25) is 0 Å². The van der Waals surface area contributed by atoms with Crippen molar-refractivity contribution in [2.75, 3.05) is 19.7 Å². The average Bonchev–Trinajstić information content (AvgIpc) is 2.31. The quantitative estimate of drug-likeness (QED) is 0.834. The molecule has 1 unspecified atom stereocenters. The highest BCUT2D eigenvalue weighted by atomic mass is 79.9. The van der Waals surface area contributed by atoms with Crippen molar-refractivity contribution in [3.63, 3.8) is 0 Å². The van der Waals surface area contributed by atoms with E-state index in [9.17, 15) is 18.3 Å². The van der Waals surface area contributed by atoms with Gasteiger partial charge in [0.15, 0.2) is 0 Å². The Balaban J connectivity index is 2.44. The molecule has 0 aromatic heterocycles. The van der Waals surface area contributed by atoms with Gasteiger partial charge in [-0.05, 0) is 12.1 Å². The van der Waals surface area contributed by atoms with Gasteiger partial charge in [0.25, 0.3) is 0 Å². The van der Waals surface area contributed by atoms with Crippen LogP contribution in [0.25, 0.3) is 0 Å². The van der Waals surface area contributed by atoms with Crippen LogP contribution in [-0.2, 0) is 10.9 Å². The molecule has 0 aliphatic carbocycles. The second-order valence-corrected chi connectivity index (χ2v) is 4.87. The lowest BCUT2D eigenvalue weighted by Crippen LogP contribution is -2.33. The third kappa shape index (κ3) is 2.78. The molecule has 1 saturated heterocycles. The summed E-state index contributed by atoms with van der Waals surface area (Å²) in [4.78, 5) is 0. The predicted molar refractivity (Wildman–Crippen MR) is 62.4 cm³/mol. The van der Waals surface area contributed by atoms with Gasteiger partial charge in [0.1, 0.15) is 5.75 Å². The Labute approximate surface area is 110 Å². The zero-order chi connectivity index (χ0) is 13.3. The normalized spacial score (nSPS) is 21.0. The molecule has 3 nitrogen and oxygen atoms in total. The van der Waals surface area contributed by atoms with E-state index in [1.807, 2.05) is 0 Å². The maximum absolute atomic E-state index is 12.7. The number of ether oxygens (including phenoxy) is 1. The highest BCUT2D eigenvalue weighted by molar-refractivity contribution is 9.10. The van der Waals surface area contributed by atoms with E-state index in [-0.39, 0.29) is 10.0 Å². The fraction of sp³-hybridized carbons (Fsp3) is 0.455. The van der Waals surface area contributed by atoms with Gasteiger partial charge in [-0.1, -0.05) is 15.9 Å². The van der Waals surface area contributed by atoms with Crippen molar-refractivity contribution in [3.8, 4) is 5.75 Å². The number of halogens is 4. The number of rotatable bonds is 1. The van der Waals surface area contributed by atoms with E-state index < -0.39 is 23.6 Å².